The standard InChI is InChI=1S/C16H25NO2/c1-16(2)10-6-5-7-15(16)17-12-8-9-13(18-3)14(11-12)19-4/h8-9,11,15,17H,5-7,10H2,1-4H3. The third-order valence-corrected chi connectivity index (χ3v) is 4.23. The first-order valence-electron chi connectivity index (χ1n) is 7.05. The maximum atomic E-state index is 5.35. The minimum atomic E-state index is 0.353. The lowest BCUT2D eigenvalue weighted by molar-refractivity contribution is 0.217. The summed E-state index contributed by atoms with van der Waals surface area (Å²) < 4.78 is 10.6. The van der Waals surface area contributed by atoms with Gasteiger partial charge in [0.25, 0.3) is 0 Å². The van der Waals surface area contributed by atoms with Crippen LogP contribution >= 0.6 is 0 Å². The van der Waals surface area contributed by atoms with E-state index in [1.807, 2.05) is 12.1 Å². The van der Waals surface area contributed by atoms with Crippen LogP contribution in [0.5, 0.6) is 11.5 Å². The number of methoxy groups -OCH3 is 2. The van der Waals surface area contributed by atoms with Crippen molar-refractivity contribution in [3.63, 3.8) is 0 Å². The topological polar surface area (TPSA) is 30.5 Å². The molecule has 106 valence electrons. The molecule has 1 unspecified atom stereocenters. The molecule has 0 aromatic heterocycles. The Morgan fingerprint density at radius 3 is 2.47 bits per heavy atom. The predicted octanol–water partition coefficient (Wildman–Crippen LogP) is 4.08. The minimum Gasteiger partial charge on any atom is -0.493 e. The van der Waals surface area contributed by atoms with Gasteiger partial charge in [-0.1, -0.05) is 26.7 Å². The highest BCUT2D eigenvalue weighted by Gasteiger charge is 2.32. The molecule has 0 radical (unpaired) electrons. The SMILES string of the molecule is COc1ccc(NC2CCCCC2(C)C)cc1OC. The second kappa shape index (κ2) is 5.72. The van der Waals surface area contributed by atoms with E-state index in [4.69, 9.17) is 9.47 Å². The van der Waals surface area contributed by atoms with E-state index in [9.17, 15) is 0 Å². The van der Waals surface area contributed by atoms with Gasteiger partial charge in [0.15, 0.2) is 11.5 Å². The van der Waals surface area contributed by atoms with E-state index >= 15 is 0 Å². The van der Waals surface area contributed by atoms with Crippen molar-refractivity contribution in [3.05, 3.63) is 18.2 Å². The van der Waals surface area contributed by atoms with Crippen LogP contribution in [0.2, 0.25) is 0 Å². The molecular weight excluding hydrogens is 238 g/mol. The number of rotatable bonds is 4. The Morgan fingerprint density at radius 1 is 1.11 bits per heavy atom. The number of hydrogen-bond acceptors (Lipinski definition) is 3. The Balaban J connectivity index is 2.14. The number of nitrogens with one attached hydrogen (secondary N) is 1. The summed E-state index contributed by atoms with van der Waals surface area (Å²) in [7, 11) is 3.33. The molecule has 1 fully saturated rings. The van der Waals surface area contributed by atoms with Crippen molar-refractivity contribution in [1.29, 1.82) is 0 Å². The van der Waals surface area contributed by atoms with E-state index in [1.54, 1.807) is 14.2 Å². The second-order valence-electron chi connectivity index (χ2n) is 6.00. The van der Waals surface area contributed by atoms with Crippen LogP contribution in [0.3, 0.4) is 0 Å². The Hall–Kier alpha value is -1.38. The molecule has 0 aliphatic heterocycles. The molecule has 0 saturated heterocycles. The summed E-state index contributed by atoms with van der Waals surface area (Å²) in [4.78, 5) is 0. The van der Waals surface area contributed by atoms with Crippen molar-refractivity contribution in [2.75, 3.05) is 19.5 Å². The van der Waals surface area contributed by atoms with E-state index in [2.05, 4.69) is 25.2 Å². The summed E-state index contributed by atoms with van der Waals surface area (Å²) in [5.41, 5.74) is 1.46. The Labute approximate surface area is 116 Å². The summed E-state index contributed by atoms with van der Waals surface area (Å²) in [6.45, 7) is 4.70. The van der Waals surface area contributed by atoms with Crippen LogP contribution in [0, 0.1) is 5.41 Å². The summed E-state index contributed by atoms with van der Waals surface area (Å²) in [5.74, 6) is 1.55. The maximum absolute atomic E-state index is 5.35. The van der Waals surface area contributed by atoms with Crippen LogP contribution in [-0.4, -0.2) is 20.3 Å². The fourth-order valence-corrected chi connectivity index (χ4v) is 2.89. The van der Waals surface area contributed by atoms with Crippen molar-refractivity contribution in [1.82, 2.24) is 0 Å². The smallest absolute Gasteiger partial charge is 0.162 e. The first kappa shape index (κ1) is 14.0. The van der Waals surface area contributed by atoms with Crippen molar-refractivity contribution in [3.8, 4) is 11.5 Å². The van der Waals surface area contributed by atoms with E-state index in [0.717, 1.165) is 17.2 Å². The number of benzene rings is 1. The number of ether oxygens (including phenoxy) is 2. The van der Waals surface area contributed by atoms with Gasteiger partial charge in [-0.25, -0.2) is 0 Å². The van der Waals surface area contributed by atoms with Crippen LogP contribution in [0.1, 0.15) is 39.5 Å². The summed E-state index contributed by atoms with van der Waals surface area (Å²) in [6.07, 6.45) is 5.19. The molecule has 1 aromatic rings. The number of anilines is 1. The van der Waals surface area contributed by atoms with Crippen molar-refractivity contribution in [2.45, 2.75) is 45.6 Å². The molecule has 1 atom stereocenters. The normalized spacial score (nSPS) is 21.8. The third-order valence-electron chi connectivity index (χ3n) is 4.23. The summed E-state index contributed by atoms with van der Waals surface area (Å²) in [5, 5.41) is 3.66. The van der Waals surface area contributed by atoms with Crippen LogP contribution in [0.4, 0.5) is 5.69 Å². The maximum Gasteiger partial charge on any atom is 0.162 e. The molecule has 1 aromatic carbocycles. The molecule has 3 heteroatoms. The highest BCUT2D eigenvalue weighted by molar-refractivity contribution is 5.55. The van der Waals surface area contributed by atoms with Gasteiger partial charge in [0.2, 0.25) is 0 Å². The van der Waals surface area contributed by atoms with E-state index in [1.165, 1.54) is 25.7 Å². The van der Waals surface area contributed by atoms with Gasteiger partial charge in [-0.2, -0.15) is 0 Å². The average Bonchev–Trinajstić information content (AvgIpc) is 2.41. The highest BCUT2D eigenvalue weighted by atomic mass is 16.5. The average molecular weight is 263 g/mol. The molecule has 1 aliphatic carbocycles. The minimum absolute atomic E-state index is 0.353. The number of hydrogen-bond donors (Lipinski definition) is 1. The largest absolute Gasteiger partial charge is 0.493 e. The molecule has 0 bridgehead atoms. The molecule has 0 spiro atoms. The molecule has 0 amide bonds. The molecule has 1 aliphatic rings. The van der Waals surface area contributed by atoms with E-state index in [0.29, 0.717) is 11.5 Å². The lowest BCUT2D eigenvalue weighted by Crippen LogP contribution is -2.38. The fourth-order valence-electron chi connectivity index (χ4n) is 2.89. The first-order chi connectivity index (χ1) is 9.06. The monoisotopic (exact) mass is 263 g/mol. The lowest BCUT2D eigenvalue weighted by atomic mass is 9.73. The fraction of sp³-hybridized carbons (Fsp3) is 0.625. The van der Waals surface area contributed by atoms with Gasteiger partial charge in [-0.05, 0) is 30.4 Å². The van der Waals surface area contributed by atoms with E-state index in [-0.39, 0.29) is 0 Å². The third kappa shape index (κ3) is 3.14. The van der Waals surface area contributed by atoms with Gasteiger partial charge in [0, 0.05) is 17.8 Å². The molecule has 2 rings (SSSR count). The van der Waals surface area contributed by atoms with Crippen LogP contribution in [0.15, 0.2) is 18.2 Å². The van der Waals surface area contributed by atoms with Crippen molar-refractivity contribution >= 4 is 5.69 Å². The zero-order valence-corrected chi connectivity index (χ0v) is 12.5. The predicted molar refractivity (Wildman–Crippen MR) is 79.2 cm³/mol. The zero-order chi connectivity index (χ0) is 13.9. The van der Waals surface area contributed by atoms with Crippen LogP contribution in [0.25, 0.3) is 0 Å². The molecule has 3 nitrogen and oxygen atoms in total. The van der Waals surface area contributed by atoms with Gasteiger partial charge in [0.1, 0.15) is 0 Å². The molecule has 19 heavy (non-hydrogen) atoms. The highest BCUT2D eigenvalue weighted by Crippen LogP contribution is 2.38. The Kier molecular flexibility index (Phi) is 4.23. The summed E-state index contributed by atoms with van der Waals surface area (Å²) in [6, 6.07) is 6.56. The van der Waals surface area contributed by atoms with Crippen LogP contribution < -0.4 is 14.8 Å². The van der Waals surface area contributed by atoms with Gasteiger partial charge < -0.3 is 14.8 Å². The van der Waals surface area contributed by atoms with E-state index < -0.39 is 0 Å². The molecule has 1 saturated carbocycles. The molecular formula is C16H25NO2. The second-order valence-corrected chi connectivity index (χ2v) is 6.00. The lowest BCUT2D eigenvalue weighted by Gasteiger charge is -2.39. The van der Waals surface area contributed by atoms with Gasteiger partial charge in [-0.15, -0.1) is 0 Å². The van der Waals surface area contributed by atoms with Crippen molar-refractivity contribution < 1.29 is 9.47 Å². The van der Waals surface area contributed by atoms with Gasteiger partial charge in [0.05, 0.1) is 14.2 Å². The zero-order valence-electron chi connectivity index (χ0n) is 12.5. The van der Waals surface area contributed by atoms with Crippen LogP contribution in [-0.2, 0) is 0 Å². The quantitative estimate of drug-likeness (QED) is 0.887. The Bertz CT molecular complexity index is 429. The first-order valence-corrected chi connectivity index (χ1v) is 7.05. The van der Waals surface area contributed by atoms with Gasteiger partial charge >= 0.3 is 0 Å². The summed E-state index contributed by atoms with van der Waals surface area (Å²) >= 11 is 0. The van der Waals surface area contributed by atoms with Gasteiger partial charge in [-0.3, -0.25) is 0 Å². The molecule has 1 N–H and O–H groups in total. The Morgan fingerprint density at radius 2 is 1.84 bits per heavy atom. The molecule has 0 heterocycles. The van der Waals surface area contributed by atoms with Crippen molar-refractivity contribution in [2.24, 2.45) is 5.41 Å².